The number of ether oxygens (including phenoxy) is 1. The Hall–Kier alpha value is -1.77. The first-order valence-corrected chi connectivity index (χ1v) is 6.31. The van der Waals surface area contributed by atoms with Gasteiger partial charge in [0.1, 0.15) is 5.69 Å². The van der Waals surface area contributed by atoms with Crippen LogP contribution in [0.4, 0.5) is 0 Å². The van der Waals surface area contributed by atoms with Crippen LogP contribution >= 0.6 is 0 Å². The average Bonchev–Trinajstić information content (AvgIpc) is 2.67. The van der Waals surface area contributed by atoms with Gasteiger partial charge < -0.3 is 9.14 Å². The molecule has 3 heteroatoms. The third-order valence-corrected chi connectivity index (χ3v) is 2.87. The summed E-state index contributed by atoms with van der Waals surface area (Å²) in [5.74, 6) is 0.0412. The van der Waals surface area contributed by atoms with Gasteiger partial charge in [0.15, 0.2) is 0 Å². The van der Waals surface area contributed by atoms with Gasteiger partial charge in [-0.2, -0.15) is 0 Å². The number of fused-ring (bicyclic) bond motifs is 1. The van der Waals surface area contributed by atoms with Crippen LogP contribution in [-0.4, -0.2) is 16.5 Å². The molecule has 0 N–H and O–H groups in total. The molecule has 0 aliphatic rings. The molecule has 18 heavy (non-hydrogen) atoms. The van der Waals surface area contributed by atoms with Crippen molar-refractivity contribution in [1.82, 2.24) is 4.40 Å². The van der Waals surface area contributed by atoms with Crippen LogP contribution in [0.3, 0.4) is 0 Å². The number of esters is 1. The summed E-state index contributed by atoms with van der Waals surface area (Å²) in [4.78, 5) is 12.2. The molecule has 0 aliphatic heterocycles. The Bertz CT molecular complexity index is 567. The van der Waals surface area contributed by atoms with Gasteiger partial charge in [-0.15, -0.1) is 0 Å². The molecule has 0 bridgehead atoms. The lowest BCUT2D eigenvalue weighted by molar-refractivity contribution is 0.0368. The van der Waals surface area contributed by atoms with Crippen LogP contribution in [0.1, 0.15) is 49.7 Å². The second-order valence-electron chi connectivity index (χ2n) is 5.05. The molecule has 3 nitrogen and oxygen atoms in total. The van der Waals surface area contributed by atoms with Gasteiger partial charge in [-0.05, 0) is 43.5 Å². The maximum Gasteiger partial charge on any atom is 0.355 e. The summed E-state index contributed by atoms with van der Waals surface area (Å²) in [5, 5.41) is 0. The lowest BCUT2D eigenvalue weighted by Gasteiger charge is -2.11. The number of hydrogen-bond donors (Lipinski definition) is 0. The SMILES string of the molecule is CC(C)OC(=O)c1c(C(C)C)cc2ccccn12. The molecule has 2 aromatic rings. The van der Waals surface area contributed by atoms with Gasteiger partial charge in [0.25, 0.3) is 0 Å². The van der Waals surface area contributed by atoms with E-state index in [-0.39, 0.29) is 12.1 Å². The molecule has 0 radical (unpaired) electrons. The van der Waals surface area contributed by atoms with E-state index in [1.165, 1.54) is 0 Å². The quantitative estimate of drug-likeness (QED) is 0.773. The predicted octanol–water partition coefficient (Wildman–Crippen LogP) is 3.63. The first-order chi connectivity index (χ1) is 8.50. The zero-order chi connectivity index (χ0) is 13.3. The molecular formula is C15H19NO2. The summed E-state index contributed by atoms with van der Waals surface area (Å²) in [6.45, 7) is 7.90. The Morgan fingerprint density at radius 1 is 1.22 bits per heavy atom. The van der Waals surface area contributed by atoms with Crippen LogP contribution in [0.2, 0.25) is 0 Å². The van der Waals surface area contributed by atoms with Crippen molar-refractivity contribution in [3.63, 3.8) is 0 Å². The van der Waals surface area contributed by atoms with Gasteiger partial charge in [-0.3, -0.25) is 0 Å². The van der Waals surface area contributed by atoms with Crippen LogP contribution in [0, 0.1) is 0 Å². The van der Waals surface area contributed by atoms with Crippen molar-refractivity contribution in [2.45, 2.75) is 39.7 Å². The van der Waals surface area contributed by atoms with Crippen LogP contribution in [0.15, 0.2) is 30.5 Å². The lowest BCUT2D eigenvalue weighted by Crippen LogP contribution is -2.15. The van der Waals surface area contributed by atoms with Gasteiger partial charge in [-0.25, -0.2) is 4.79 Å². The Labute approximate surface area is 107 Å². The van der Waals surface area contributed by atoms with Crippen molar-refractivity contribution in [1.29, 1.82) is 0 Å². The highest BCUT2D eigenvalue weighted by molar-refractivity contribution is 5.91. The summed E-state index contributed by atoms with van der Waals surface area (Å²) in [6.07, 6.45) is 1.80. The summed E-state index contributed by atoms with van der Waals surface area (Å²) in [6, 6.07) is 7.94. The summed E-state index contributed by atoms with van der Waals surface area (Å²) >= 11 is 0. The third kappa shape index (κ3) is 2.26. The topological polar surface area (TPSA) is 30.7 Å². The van der Waals surface area contributed by atoms with Gasteiger partial charge in [-0.1, -0.05) is 19.9 Å². The van der Waals surface area contributed by atoms with E-state index in [2.05, 4.69) is 19.9 Å². The molecule has 0 unspecified atom stereocenters. The highest BCUT2D eigenvalue weighted by Gasteiger charge is 2.21. The number of nitrogens with zero attached hydrogens (tertiary/aromatic N) is 1. The maximum absolute atomic E-state index is 12.2. The molecule has 2 rings (SSSR count). The second kappa shape index (κ2) is 4.84. The summed E-state index contributed by atoms with van der Waals surface area (Å²) in [7, 11) is 0. The molecule has 96 valence electrons. The number of hydrogen-bond acceptors (Lipinski definition) is 2. The Balaban J connectivity index is 2.58. The molecule has 0 saturated heterocycles. The number of pyridine rings is 1. The normalized spacial score (nSPS) is 11.4. The Morgan fingerprint density at radius 2 is 1.94 bits per heavy atom. The molecule has 0 aromatic carbocycles. The summed E-state index contributed by atoms with van der Waals surface area (Å²) < 4.78 is 7.24. The minimum Gasteiger partial charge on any atom is -0.458 e. The average molecular weight is 245 g/mol. The van der Waals surface area contributed by atoms with E-state index < -0.39 is 0 Å². The van der Waals surface area contributed by atoms with E-state index in [0.29, 0.717) is 11.6 Å². The molecule has 0 amide bonds. The van der Waals surface area contributed by atoms with E-state index in [4.69, 9.17) is 4.74 Å². The number of aromatic nitrogens is 1. The third-order valence-electron chi connectivity index (χ3n) is 2.87. The van der Waals surface area contributed by atoms with E-state index in [1.807, 2.05) is 42.6 Å². The van der Waals surface area contributed by atoms with Crippen LogP contribution in [0.5, 0.6) is 0 Å². The molecule has 0 aliphatic carbocycles. The fourth-order valence-electron chi connectivity index (χ4n) is 2.07. The first-order valence-electron chi connectivity index (χ1n) is 6.31. The largest absolute Gasteiger partial charge is 0.458 e. The second-order valence-corrected chi connectivity index (χ2v) is 5.05. The Morgan fingerprint density at radius 3 is 2.56 bits per heavy atom. The summed E-state index contributed by atoms with van der Waals surface area (Å²) in [5.41, 5.74) is 2.71. The van der Waals surface area contributed by atoms with Crippen molar-refractivity contribution < 1.29 is 9.53 Å². The van der Waals surface area contributed by atoms with Crippen molar-refractivity contribution in [2.24, 2.45) is 0 Å². The molecule has 2 aromatic heterocycles. The highest BCUT2D eigenvalue weighted by atomic mass is 16.5. The van der Waals surface area contributed by atoms with Gasteiger partial charge >= 0.3 is 5.97 Å². The minimum absolute atomic E-state index is 0.105. The van der Waals surface area contributed by atoms with Crippen LogP contribution in [0.25, 0.3) is 5.52 Å². The first kappa shape index (κ1) is 12.7. The molecule has 2 heterocycles. The van der Waals surface area contributed by atoms with E-state index in [9.17, 15) is 4.79 Å². The van der Waals surface area contributed by atoms with Crippen molar-refractivity contribution in [2.75, 3.05) is 0 Å². The predicted molar refractivity (Wildman–Crippen MR) is 72.0 cm³/mol. The molecule has 0 fully saturated rings. The van der Waals surface area contributed by atoms with E-state index in [1.54, 1.807) is 0 Å². The number of carbonyl (C=O) groups is 1. The van der Waals surface area contributed by atoms with E-state index in [0.717, 1.165) is 11.1 Å². The standard InChI is InChI=1S/C15H19NO2/c1-10(2)13-9-12-7-5-6-8-16(12)14(13)15(17)18-11(3)4/h5-11H,1-4H3. The van der Waals surface area contributed by atoms with Gasteiger partial charge in [0.05, 0.1) is 6.10 Å². The molecular weight excluding hydrogens is 226 g/mol. The van der Waals surface area contributed by atoms with Crippen molar-refractivity contribution >= 4 is 11.5 Å². The van der Waals surface area contributed by atoms with Crippen LogP contribution < -0.4 is 0 Å². The van der Waals surface area contributed by atoms with Crippen LogP contribution in [-0.2, 0) is 4.74 Å². The highest BCUT2D eigenvalue weighted by Crippen LogP contribution is 2.25. The lowest BCUT2D eigenvalue weighted by atomic mass is 10.0. The molecule has 0 atom stereocenters. The molecule has 0 spiro atoms. The van der Waals surface area contributed by atoms with Crippen molar-refractivity contribution in [3.05, 3.63) is 41.7 Å². The maximum atomic E-state index is 12.2. The number of carbonyl (C=O) groups excluding carboxylic acids is 1. The molecule has 0 saturated carbocycles. The van der Waals surface area contributed by atoms with Crippen molar-refractivity contribution in [3.8, 4) is 0 Å². The minimum atomic E-state index is -0.250. The van der Waals surface area contributed by atoms with Gasteiger partial charge in [0, 0.05) is 11.7 Å². The fraction of sp³-hybridized carbons (Fsp3) is 0.400. The number of rotatable bonds is 3. The zero-order valence-electron chi connectivity index (χ0n) is 11.3. The fourth-order valence-corrected chi connectivity index (χ4v) is 2.07. The smallest absolute Gasteiger partial charge is 0.355 e. The zero-order valence-corrected chi connectivity index (χ0v) is 11.3. The van der Waals surface area contributed by atoms with E-state index >= 15 is 0 Å². The van der Waals surface area contributed by atoms with Gasteiger partial charge in [0.2, 0.25) is 0 Å². The monoisotopic (exact) mass is 245 g/mol. The Kier molecular flexibility index (Phi) is 3.41.